The highest BCUT2D eigenvalue weighted by atomic mass is 35.5. The zero-order valence-corrected chi connectivity index (χ0v) is 9.35. The molecule has 0 spiro atoms. The van der Waals surface area contributed by atoms with Crippen molar-refractivity contribution in [3.63, 3.8) is 0 Å². The summed E-state index contributed by atoms with van der Waals surface area (Å²) in [5, 5.41) is 7.88. The van der Waals surface area contributed by atoms with Gasteiger partial charge in [0.2, 0.25) is 10.0 Å². The van der Waals surface area contributed by atoms with Gasteiger partial charge in [0.1, 0.15) is 11.0 Å². The second kappa shape index (κ2) is 4.67. The topological polar surface area (TPSA) is 83.5 Å². The molecule has 5 nitrogen and oxygen atoms in total. The lowest BCUT2D eigenvalue weighted by Gasteiger charge is -2.07. The summed E-state index contributed by atoms with van der Waals surface area (Å²) in [5.74, 6) is -2.16. The molecular formula is C8H7ClFNO4S. The average Bonchev–Trinajstić information content (AvgIpc) is 2.21. The molecular weight excluding hydrogens is 261 g/mol. The molecule has 88 valence electrons. The van der Waals surface area contributed by atoms with E-state index in [1.165, 1.54) is 0 Å². The van der Waals surface area contributed by atoms with Gasteiger partial charge in [0.05, 0.1) is 11.3 Å². The minimum Gasteiger partial charge on any atom is -0.478 e. The maximum absolute atomic E-state index is 13.1. The van der Waals surface area contributed by atoms with Crippen LogP contribution in [0.5, 0.6) is 0 Å². The fourth-order valence-electron chi connectivity index (χ4n) is 0.931. The van der Waals surface area contributed by atoms with E-state index in [9.17, 15) is 17.6 Å². The summed E-state index contributed by atoms with van der Waals surface area (Å²) in [6, 6.07) is 2.76. The Morgan fingerprint density at radius 2 is 2.12 bits per heavy atom. The summed E-state index contributed by atoms with van der Waals surface area (Å²) in [6.07, 6.45) is 0. The Hall–Kier alpha value is -1.34. The van der Waals surface area contributed by atoms with E-state index in [0.29, 0.717) is 0 Å². The summed E-state index contributed by atoms with van der Waals surface area (Å²) in [4.78, 5) is 10.6. The number of hydrogen-bond acceptors (Lipinski definition) is 3. The van der Waals surface area contributed by atoms with Gasteiger partial charge in [-0.3, -0.25) is 4.72 Å². The van der Waals surface area contributed by atoms with Crippen LogP contribution in [0.1, 0.15) is 10.4 Å². The predicted molar refractivity (Wildman–Crippen MR) is 56.6 cm³/mol. The molecule has 1 aromatic carbocycles. The molecule has 0 aromatic heterocycles. The number of nitrogens with one attached hydrogen (secondary N) is 1. The van der Waals surface area contributed by atoms with E-state index in [0.717, 1.165) is 18.2 Å². The normalized spacial score (nSPS) is 11.1. The van der Waals surface area contributed by atoms with Crippen molar-refractivity contribution < 1.29 is 22.7 Å². The van der Waals surface area contributed by atoms with E-state index in [4.69, 9.17) is 16.7 Å². The maximum Gasteiger partial charge on any atom is 0.335 e. The van der Waals surface area contributed by atoms with Crippen LogP contribution >= 0.6 is 11.6 Å². The van der Waals surface area contributed by atoms with E-state index >= 15 is 0 Å². The molecule has 0 fully saturated rings. The number of aromatic carboxylic acids is 1. The Morgan fingerprint density at radius 1 is 1.50 bits per heavy atom. The highest BCUT2D eigenvalue weighted by molar-refractivity contribution is 7.93. The smallest absolute Gasteiger partial charge is 0.335 e. The molecule has 0 aliphatic carbocycles. The van der Waals surface area contributed by atoms with Crippen LogP contribution in [0.2, 0.25) is 0 Å². The van der Waals surface area contributed by atoms with E-state index in [1.54, 1.807) is 0 Å². The average molecular weight is 268 g/mol. The summed E-state index contributed by atoms with van der Waals surface area (Å²) in [7, 11) is -3.86. The lowest BCUT2D eigenvalue weighted by Crippen LogP contribution is -2.15. The Balaban J connectivity index is 3.13. The predicted octanol–water partition coefficient (Wildman–Crippen LogP) is 1.46. The van der Waals surface area contributed by atoms with Crippen LogP contribution in [-0.2, 0) is 10.0 Å². The minimum absolute atomic E-state index is 0.228. The number of halogens is 2. The first-order valence-corrected chi connectivity index (χ1v) is 6.13. The summed E-state index contributed by atoms with van der Waals surface area (Å²) >= 11 is 5.11. The summed E-state index contributed by atoms with van der Waals surface area (Å²) in [5.41, 5.74) is -0.672. The minimum atomic E-state index is -3.86. The largest absolute Gasteiger partial charge is 0.478 e. The van der Waals surface area contributed by atoms with Gasteiger partial charge in [0.25, 0.3) is 0 Å². The molecule has 8 heteroatoms. The van der Waals surface area contributed by atoms with Gasteiger partial charge in [0.15, 0.2) is 0 Å². The third-order valence-electron chi connectivity index (χ3n) is 1.62. The molecule has 0 bridgehead atoms. The van der Waals surface area contributed by atoms with E-state index in [1.807, 2.05) is 4.72 Å². The Bertz CT molecular complexity index is 517. The number of hydrogen-bond donors (Lipinski definition) is 2. The van der Waals surface area contributed by atoms with Crippen LogP contribution in [0.4, 0.5) is 10.1 Å². The monoisotopic (exact) mass is 267 g/mol. The number of carboxylic acid groups (broad SMARTS) is 1. The third-order valence-corrected chi connectivity index (χ3v) is 3.30. The van der Waals surface area contributed by atoms with Crippen LogP contribution in [0.3, 0.4) is 0 Å². The molecule has 1 rings (SSSR count). The molecule has 0 saturated carbocycles. The van der Waals surface area contributed by atoms with Gasteiger partial charge >= 0.3 is 5.97 Å². The fraction of sp³-hybridized carbons (Fsp3) is 0.125. The molecule has 1 aromatic rings. The van der Waals surface area contributed by atoms with Gasteiger partial charge in [-0.25, -0.2) is 17.6 Å². The third kappa shape index (κ3) is 3.07. The van der Waals surface area contributed by atoms with Crippen molar-refractivity contribution in [2.45, 2.75) is 0 Å². The quantitative estimate of drug-likeness (QED) is 0.809. The van der Waals surface area contributed by atoms with Crippen molar-refractivity contribution in [2.24, 2.45) is 0 Å². The molecule has 0 aliphatic rings. The van der Waals surface area contributed by atoms with Crippen molar-refractivity contribution in [3.05, 3.63) is 29.6 Å². The number of benzene rings is 1. The fourth-order valence-corrected chi connectivity index (χ4v) is 1.64. The lowest BCUT2D eigenvalue weighted by molar-refractivity contribution is 0.0697. The van der Waals surface area contributed by atoms with Crippen LogP contribution in [-0.4, -0.2) is 24.7 Å². The number of carbonyl (C=O) groups is 1. The van der Waals surface area contributed by atoms with Crippen LogP contribution in [0.15, 0.2) is 18.2 Å². The van der Waals surface area contributed by atoms with Crippen molar-refractivity contribution >= 4 is 33.3 Å². The van der Waals surface area contributed by atoms with Gasteiger partial charge < -0.3 is 5.11 Å². The highest BCUT2D eigenvalue weighted by Crippen LogP contribution is 2.18. The summed E-state index contributed by atoms with van der Waals surface area (Å²) in [6.45, 7) is 0. The van der Waals surface area contributed by atoms with Gasteiger partial charge in [0, 0.05) is 0 Å². The van der Waals surface area contributed by atoms with Gasteiger partial charge in [-0.05, 0) is 18.2 Å². The molecule has 0 heterocycles. The molecule has 0 saturated heterocycles. The number of carboxylic acids is 1. The standard InChI is InChI=1S/C8H7ClFNO4S/c9-4-16(14,15)11-7-3-5(8(12)13)1-2-6(7)10/h1-3,11H,4H2,(H,12,13). The van der Waals surface area contributed by atoms with Crippen LogP contribution in [0, 0.1) is 5.82 Å². The summed E-state index contributed by atoms with van der Waals surface area (Å²) < 4.78 is 37.1. The van der Waals surface area contributed by atoms with Crippen molar-refractivity contribution in [2.75, 3.05) is 9.93 Å². The number of rotatable bonds is 4. The van der Waals surface area contributed by atoms with Crippen LogP contribution in [0.25, 0.3) is 0 Å². The lowest BCUT2D eigenvalue weighted by atomic mass is 10.2. The first-order chi connectivity index (χ1) is 7.35. The number of sulfonamides is 1. The first kappa shape index (κ1) is 12.7. The Kier molecular flexibility index (Phi) is 3.71. The molecule has 0 radical (unpaired) electrons. The van der Waals surface area contributed by atoms with E-state index < -0.39 is 32.7 Å². The second-order valence-corrected chi connectivity index (χ2v) is 5.13. The number of alkyl halides is 1. The number of anilines is 1. The molecule has 2 N–H and O–H groups in total. The molecule has 0 unspecified atom stereocenters. The second-order valence-electron chi connectivity index (χ2n) is 2.83. The SMILES string of the molecule is O=C(O)c1ccc(F)c(NS(=O)(=O)CCl)c1. The molecule has 0 amide bonds. The Labute approximate surface area is 95.9 Å². The van der Waals surface area contributed by atoms with Crippen LogP contribution < -0.4 is 4.72 Å². The Morgan fingerprint density at radius 3 is 2.62 bits per heavy atom. The van der Waals surface area contributed by atoms with Gasteiger partial charge in [-0.2, -0.15) is 0 Å². The highest BCUT2D eigenvalue weighted by Gasteiger charge is 2.14. The maximum atomic E-state index is 13.1. The van der Waals surface area contributed by atoms with Gasteiger partial charge in [-0.1, -0.05) is 0 Å². The zero-order valence-electron chi connectivity index (χ0n) is 7.78. The van der Waals surface area contributed by atoms with Crippen molar-refractivity contribution in [1.29, 1.82) is 0 Å². The molecule has 0 aliphatic heterocycles. The van der Waals surface area contributed by atoms with E-state index in [2.05, 4.69) is 0 Å². The van der Waals surface area contributed by atoms with Gasteiger partial charge in [-0.15, -0.1) is 11.6 Å². The van der Waals surface area contributed by atoms with Crippen molar-refractivity contribution in [1.82, 2.24) is 0 Å². The molecule has 0 atom stereocenters. The van der Waals surface area contributed by atoms with E-state index in [-0.39, 0.29) is 5.56 Å². The zero-order chi connectivity index (χ0) is 12.3. The first-order valence-electron chi connectivity index (χ1n) is 3.95. The molecule has 16 heavy (non-hydrogen) atoms. The van der Waals surface area contributed by atoms with Crippen molar-refractivity contribution in [3.8, 4) is 0 Å².